The van der Waals surface area contributed by atoms with Gasteiger partial charge in [0.2, 0.25) is 11.8 Å². The standard InChI is InChI=1S/C20H24N4O2S/c1-14-21-19(23-26-14)20(2)10-12-24(13-11-20)18(25)9-5-8-17-22-15-6-3-4-7-16(15)27-17/h3-4,6-7H,5,8-13H2,1-2H3. The number of hydrogen-bond acceptors (Lipinski definition) is 6. The monoisotopic (exact) mass is 384 g/mol. The number of aromatic nitrogens is 3. The maximum atomic E-state index is 12.6. The van der Waals surface area contributed by atoms with Crippen molar-refractivity contribution in [3.05, 3.63) is 41.0 Å². The number of benzene rings is 1. The zero-order valence-corrected chi connectivity index (χ0v) is 16.6. The van der Waals surface area contributed by atoms with Gasteiger partial charge in [0.1, 0.15) is 0 Å². The fourth-order valence-electron chi connectivity index (χ4n) is 3.59. The van der Waals surface area contributed by atoms with Crippen LogP contribution < -0.4 is 0 Å². The van der Waals surface area contributed by atoms with Gasteiger partial charge in [-0.3, -0.25) is 4.79 Å². The molecule has 4 rings (SSSR count). The molecule has 1 aromatic carbocycles. The van der Waals surface area contributed by atoms with Gasteiger partial charge in [0, 0.05) is 31.8 Å². The van der Waals surface area contributed by atoms with Gasteiger partial charge in [0.25, 0.3) is 0 Å². The topological polar surface area (TPSA) is 72.1 Å². The van der Waals surface area contributed by atoms with Gasteiger partial charge in [-0.15, -0.1) is 11.3 Å². The molecule has 1 aliphatic heterocycles. The predicted molar refractivity (Wildman–Crippen MR) is 105 cm³/mol. The molecule has 1 saturated heterocycles. The van der Waals surface area contributed by atoms with Gasteiger partial charge in [-0.2, -0.15) is 4.98 Å². The minimum Gasteiger partial charge on any atom is -0.343 e. The maximum Gasteiger partial charge on any atom is 0.223 e. The summed E-state index contributed by atoms with van der Waals surface area (Å²) in [4.78, 5) is 23.6. The lowest BCUT2D eigenvalue weighted by Gasteiger charge is -2.37. The Kier molecular flexibility index (Phi) is 4.95. The number of piperidine rings is 1. The maximum absolute atomic E-state index is 12.6. The molecule has 3 aromatic rings. The molecule has 0 spiro atoms. The van der Waals surface area contributed by atoms with Gasteiger partial charge in [0.05, 0.1) is 15.2 Å². The van der Waals surface area contributed by atoms with Gasteiger partial charge in [0.15, 0.2) is 5.82 Å². The molecular formula is C20H24N4O2S. The van der Waals surface area contributed by atoms with E-state index < -0.39 is 0 Å². The second kappa shape index (κ2) is 7.38. The number of carbonyl (C=O) groups excluding carboxylic acids is 1. The molecule has 3 heterocycles. The van der Waals surface area contributed by atoms with Gasteiger partial charge in [-0.1, -0.05) is 24.2 Å². The number of likely N-dealkylation sites (tertiary alicyclic amines) is 1. The van der Waals surface area contributed by atoms with Crippen LogP contribution in [-0.4, -0.2) is 39.0 Å². The third-order valence-corrected chi connectivity index (χ3v) is 6.50. The van der Waals surface area contributed by atoms with Crippen LogP contribution in [0, 0.1) is 6.92 Å². The first-order valence-electron chi connectivity index (χ1n) is 9.46. The number of carbonyl (C=O) groups is 1. The van der Waals surface area contributed by atoms with Crippen molar-refractivity contribution >= 4 is 27.5 Å². The van der Waals surface area contributed by atoms with Crippen LogP contribution in [0.1, 0.15) is 49.3 Å². The lowest BCUT2D eigenvalue weighted by Crippen LogP contribution is -2.44. The summed E-state index contributed by atoms with van der Waals surface area (Å²) in [5, 5.41) is 5.20. The van der Waals surface area contributed by atoms with Crippen molar-refractivity contribution in [2.75, 3.05) is 13.1 Å². The normalized spacial score (nSPS) is 16.7. The van der Waals surface area contributed by atoms with Crippen LogP contribution in [0.2, 0.25) is 0 Å². The molecule has 142 valence electrons. The van der Waals surface area contributed by atoms with Crippen LogP contribution in [0.5, 0.6) is 0 Å². The molecule has 7 heteroatoms. The van der Waals surface area contributed by atoms with Crippen molar-refractivity contribution in [1.82, 2.24) is 20.0 Å². The van der Waals surface area contributed by atoms with Gasteiger partial charge < -0.3 is 9.42 Å². The molecule has 0 unspecified atom stereocenters. The average Bonchev–Trinajstić information content (AvgIpc) is 3.28. The van der Waals surface area contributed by atoms with Crippen LogP contribution >= 0.6 is 11.3 Å². The van der Waals surface area contributed by atoms with Crippen molar-refractivity contribution in [2.45, 2.75) is 51.4 Å². The summed E-state index contributed by atoms with van der Waals surface area (Å²) in [5.41, 5.74) is 0.950. The van der Waals surface area contributed by atoms with E-state index in [4.69, 9.17) is 4.52 Å². The third kappa shape index (κ3) is 3.88. The Hall–Kier alpha value is -2.28. The number of fused-ring (bicyclic) bond motifs is 1. The van der Waals surface area contributed by atoms with Gasteiger partial charge in [-0.05, 0) is 37.8 Å². The number of para-hydroxylation sites is 1. The molecule has 0 atom stereocenters. The summed E-state index contributed by atoms with van der Waals surface area (Å²) in [6, 6.07) is 8.18. The van der Waals surface area contributed by atoms with E-state index in [1.54, 1.807) is 11.3 Å². The molecule has 6 nitrogen and oxygen atoms in total. The molecule has 0 saturated carbocycles. The van der Waals surface area contributed by atoms with Gasteiger partial charge >= 0.3 is 0 Å². The van der Waals surface area contributed by atoms with Crippen LogP contribution in [-0.2, 0) is 16.6 Å². The quantitative estimate of drug-likeness (QED) is 0.667. The van der Waals surface area contributed by atoms with Crippen LogP contribution in [0.15, 0.2) is 28.8 Å². The number of rotatable bonds is 5. The second-order valence-corrected chi connectivity index (χ2v) is 8.62. The molecule has 1 amide bonds. The zero-order chi connectivity index (χ0) is 18.9. The fourth-order valence-corrected chi connectivity index (χ4v) is 4.60. The van der Waals surface area contributed by atoms with E-state index >= 15 is 0 Å². The molecule has 0 aliphatic carbocycles. The van der Waals surface area contributed by atoms with E-state index in [1.165, 1.54) is 4.70 Å². The van der Waals surface area contributed by atoms with E-state index in [2.05, 4.69) is 28.1 Å². The number of nitrogens with zero attached hydrogens (tertiary/aromatic N) is 4. The summed E-state index contributed by atoms with van der Waals surface area (Å²) in [6.07, 6.45) is 4.02. The molecule has 2 aromatic heterocycles. The van der Waals surface area contributed by atoms with Crippen LogP contribution in [0.3, 0.4) is 0 Å². The molecule has 0 N–H and O–H groups in total. The SMILES string of the molecule is Cc1nc(C2(C)CCN(C(=O)CCCc3nc4ccccc4s3)CC2)no1. The van der Waals surface area contributed by atoms with E-state index in [0.717, 1.165) is 55.1 Å². The molecule has 0 bridgehead atoms. The number of amides is 1. The molecule has 0 radical (unpaired) electrons. The zero-order valence-electron chi connectivity index (χ0n) is 15.8. The summed E-state index contributed by atoms with van der Waals surface area (Å²) in [6.45, 7) is 5.48. The number of hydrogen-bond donors (Lipinski definition) is 0. The largest absolute Gasteiger partial charge is 0.343 e. The Morgan fingerprint density at radius 2 is 2.04 bits per heavy atom. The highest BCUT2D eigenvalue weighted by Crippen LogP contribution is 2.33. The van der Waals surface area contributed by atoms with Crippen molar-refractivity contribution in [2.24, 2.45) is 0 Å². The van der Waals surface area contributed by atoms with E-state index in [1.807, 2.05) is 30.0 Å². The van der Waals surface area contributed by atoms with Gasteiger partial charge in [-0.25, -0.2) is 4.98 Å². The molecular weight excluding hydrogens is 360 g/mol. The Bertz CT molecular complexity index is 907. The third-order valence-electron chi connectivity index (χ3n) is 5.41. The summed E-state index contributed by atoms with van der Waals surface area (Å²) >= 11 is 1.73. The molecule has 1 aliphatic rings. The average molecular weight is 385 g/mol. The highest BCUT2D eigenvalue weighted by atomic mass is 32.1. The Labute approximate surface area is 162 Å². The molecule has 27 heavy (non-hydrogen) atoms. The summed E-state index contributed by atoms with van der Waals surface area (Å²) in [5.74, 6) is 1.60. The predicted octanol–water partition coefficient (Wildman–Crippen LogP) is 3.89. The molecule has 1 fully saturated rings. The van der Waals surface area contributed by atoms with Crippen molar-refractivity contribution in [3.8, 4) is 0 Å². The minimum absolute atomic E-state index is 0.102. The van der Waals surface area contributed by atoms with Crippen molar-refractivity contribution < 1.29 is 9.32 Å². The highest BCUT2D eigenvalue weighted by Gasteiger charge is 2.36. The first-order chi connectivity index (χ1) is 13.0. The van der Waals surface area contributed by atoms with E-state index in [0.29, 0.717) is 12.3 Å². The lowest BCUT2D eigenvalue weighted by atomic mass is 9.79. The number of thiazole rings is 1. The van der Waals surface area contributed by atoms with E-state index in [9.17, 15) is 4.79 Å². The fraction of sp³-hybridized carbons (Fsp3) is 0.500. The highest BCUT2D eigenvalue weighted by molar-refractivity contribution is 7.18. The summed E-state index contributed by atoms with van der Waals surface area (Å²) in [7, 11) is 0. The Morgan fingerprint density at radius 1 is 1.26 bits per heavy atom. The first kappa shape index (κ1) is 18.1. The van der Waals surface area contributed by atoms with Crippen LogP contribution in [0.25, 0.3) is 10.2 Å². The van der Waals surface area contributed by atoms with E-state index in [-0.39, 0.29) is 11.3 Å². The van der Waals surface area contributed by atoms with Crippen LogP contribution in [0.4, 0.5) is 0 Å². The lowest BCUT2D eigenvalue weighted by molar-refractivity contribution is -0.132. The Balaban J connectivity index is 1.27. The second-order valence-electron chi connectivity index (χ2n) is 7.51. The smallest absolute Gasteiger partial charge is 0.223 e. The number of aryl methyl sites for hydroxylation is 2. The van der Waals surface area contributed by atoms with Crippen molar-refractivity contribution in [3.63, 3.8) is 0 Å². The first-order valence-corrected chi connectivity index (χ1v) is 10.3. The minimum atomic E-state index is -0.102. The Morgan fingerprint density at radius 3 is 2.74 bits per heavy atom. The van der Waals surface area contributed by atoms with Crippen molar-refractivity contribution in [1.29, 1.82) is 0 Å². The summed E-state index contributed by atoms with van der Waals surface area (Å²) < 4.78 is 6.34.